The van der Waals surface area contributed by atoms with E-state index in [1.807, 2.05) is 39.2 Å². The first-order chi connectivity index (χ1) is 10.8. The van der Waals surface area contributed by atoms with Gasteiger partial charge in [0.25, 0.3) is 0 Å². The van der Waals surface area contributed by atoms with Crippen molar-refractivity contribution in [1.82, 2.24) is 10.2 Å². The van der Waals surface area contributed by atoms with E-state index in [1.165, 1.54) is 10.4 Å². The van der Waals surface area contributed by atoms with Crippen LogP contribution in [0.5, 0.6) is 0 Å². The average molecular weight is 339 g/mol. The minimum atomic E-state index is -0.428. The molecule has 1 aromatic rings. The molecule has 0 saturated heterocycles. The Labute approximate surface area is 144 Å². The van der Waals surface area contributed by atoms with Gasteiger partial charge < -0.3 is 15.0 Å². The van der Waals surface area contributed by atoms with E-state index in [0.29, 0.717) is 12.1 Å². The van der Waals surface area contributed by atoms with E-state index in [2.05, 4.69) is 23.7 Å². The summed E-state index contributed by atoms with van der Waals surface area (Å²) in [4.78, 5) is 15.4. The van der Waals surface area contributed by atoms with Crippen molar-refractivity contribution in [2.75, 3.05) is 7.05 Å². The highest BCUT2D eigenvalue weighted by Crippen LogP contribution is 2.25. The van der Waals surface area contributed by atoms with Gasteiger partial charge in [0, 0.05) is 30.6 Å². The Balaban J connectivity index is 1.75. The summed E-state index contributed by atoms with van der Waals surface area (Å²) in [5, 5.41) is 5.82. The van der Waals surface area contributed by atoms with Crippen molar-refractivity contribution >= 4 is 17.4 Å². The lowest BCUT2D eigenvalue weighted by atomic mass is 9.90. The average Bonchev–Trinajstić information content (AvgIpc) is 2.88. The standard InChI is InChI=1S/C18H30N2O2S/c1-13-10-11-23-16(13)12-19-14-6-8-15(9-7-14)20(5)17(21)22-18(2,3)4/h10-11,14-15,19H,6-9,12H2,1-5H3. The third-order valence-corrected chi connectivity index (χ3v) is 5.47. The molecule has 0 radical (unpaired) electrons. The molecular formula is C18H30N2O2S. The molecule has 0 aliphatic heterocycles. The smallest absolute Gasteiger partial charge is 0.410 e. The topological polar surface area (TPSA) is 41.6 Å². The van der Waals surface area contributed by atoms with E-state index >= 15 is 0 Å². The molecule has 1 saturated carbocycles. The molecule has 23 heavy (non-hydrogen) atoms. The number of nitrogens with one attached hydrogen (secondary N) is 1. The summed E-state index contributed by atoms with van der Waals surface area (Å²) in [5.41, 5.74) is 0.948. The quantitative estimate of drug-likeness (QED) is 0.889. The van der Waals surface area contributed by atoms with Gasteiger partial charge in [-0.15, -0.1) is 11.3 Å². The SMILES string of the molecule is Cc1ccsc1CNC1CCC(N(C)C(=O)OC(C)(C)C)CC1. The van der Waals surface area contributed by atoms with E-state index in [1.54, 1.807) is 4.90 Å². The zero-order valence-corrected chi connectivity index (χ0v) is 15.8. The van der Waals surface area contributed by atoms with Gasteiger partial charge >= 0.3 is 6.09 Å². The number of hydrogen-bond acceptors (Lipinski definition) is 4. The molecule has 2 rings (SSSR count). The Morgan fingerprint density at radius 2 is 2.00 bits per heavy atom. The molecule has 0 atom stereocenters. The number of aryl methyl sites for hydroxylation is 1. The fourth-order valence-electron chi connectivity index (χ4n) is 2.97. The summed E-state index contributed by atoms with van der Waals surface area (Å²) < 4.78 is 5.46. The molecule has 0 bridgehead atoms. The third kappa shape index (κ3) is 5.50. The Hall–Kier alpha value is -1.07. The monoisotopic (exact) mass is 338 g/mol. The molecule has 1 aromatic heterocycles. The number of nitrogens with zero attached hydrogens (tertiary/aromatic N) is 1. The van der Waals surface area contributed by atoms with Gasteiger partial charge in [-0.3, -0.25) is 0 Å². The van der Waals surface area contributed by atoms with Crippen LogP contribution in [0.15, 0.2) is 11.4 Å². The number of amides is 1. The fourth-order valence-corrected chi connectivity index (χ4v) is 3.83. The maximum atomic E-state index is 12.1. The van der Waals surface area contributed by atoms with E-state index in [0.717, 1.165) is 32.2 Å². The molecule has 1 aliphatic carbocycles. The van der Waals surface area contributed by atoms with Crippen LogP contribution in [0.25, 0.3) is 0 Å². The fraction of sp³-hybridized carbons (Fsp3) is 0.722. The summed E-state index contributed by atoms with van der Waals surface area (Å²) >= 11 is 1.82. The Morgan fingerprint density at radius 1 is 1.35 bits per heavy atom. The molecular weight excluding hydrogens is 308 g/mol. The zero-order chi connectivity index (χ0) is 17.0. The number of carbonyl (C=O) groups is 1. The summed E-state index contributed by atoms with van der Waals surface area (Å²) in [5.74, 6) is 0. The first-order valence-electron chi connectivity index (χ1n) is 8.48. The number of ether oxygens (including phenoxy) is 1. The van der Waals surface area contributed by atoms with Crippen LogP contribution in [0.1, 0.15) is 56.9 Å². The highest BCUT2D eigenvalue weighted by molar-refractivity contribution is 7.10. The van der Waals surface area contributed by atoms with Crippen LogP contribution >= 0.6 is 11.3 Å². The number of thiophene rings is 1. The molecule has 0 unspecified atom stereocenters. The van der Waals surface area contributed by atoms with Crippen molar-refractivity contribution in [3.63, 3.8) is 0 Å². The Morgan fingerprint density at radius 3 is 2.52 bits per heavy atom. The second kappa shape index (κ2) is 7.67. The van der Waals surface area contributed by atoms with Crippen LogP contribution in [0.3, 0.4) is 0 Å². The molecule has 0 spiro atoms. The van der Waals surface area contributed by atoms with Crippen LogP contribution in [0, 0.1) is 6.92 Å². The predicted molar refractivity (Wildman–Crippen MR) is 95.9 cm³/mol. The van der Waals surface area contributed by atoms with Crippen molar-refractivity contribution in [3.8, 4) is 0 Å². The molecule has 4 nitrogen and oxygen atoms in total. The van der Waals surface area contributed by atoms with E-state index < -0.39 is 5.60 Å². The lowest BCUT2D eigenvalue weighted by molar-refractivity contribution is 0.0179. The zero-order valence-electron chi connectivity index (χ0n) is 15.0. The van der Waals surface area contributed by atoms with Crippen molar-refractivity contribution in [1.29, 1.82) is 0 Å². The van der Waals surface area contributed by atoms with Crippen LogP contribution in [0.2, 0.25) is 0 Å². The minimum absolute atomic E-state index is 0.205. The van der Waals surface area contributed by atoms with Crippen molar-refractivity contribution in [2.45, 2.75) is 77.6 Å². The third-order valence-electron chi connectivity index (χ3n) is 4.45. The maximum absolute atomic E-state index is 12.1. The minimum Gasteiger partial charge on any atom is -0.444 e. The van der Waals surface area contributed by atoms with Gasteiger partial charge in [-0.05, 0) is 70.4 Å². The Bertz CT molecular complexity index is 513. The van der Waals surface area contributed by atoms with Gasteiger partial charge in [-0.25, -0.2) is 4.79 Å². The van der Waals surface area contributed by atoms with Crippen molar-refractivity contribution in [2.24, 2.45) is 0 Å². The largest absolute Gasteiger partial charge is 0.444 e. The van der Waals surface area contributed by atoms with Gasteiger partial charge in [0.1, 0.15) is 5.60 Å². The lowest BCUT2D eigenvalue weighted by Gasteiger charge is -2.35. The van der Waals surface area contributed by atoms with Crippen LogP contribution in [-0.4, -0.2) is 35.7 Å². The lowest BCUT2D eigenvalue weighted by Crippen LogP contribution is -2.44. The van der Waals surface area contributed by atoms with Gasteiger partial charge in [0.05, 0.1) is 0 Å². The molecule has 1 N–H and O–H groups in total. The Kier molecular flexibility index (Phi) is 6.09. The predicted octanol–water partition coefficient (Wildman–Crippen LogP) is 4.32. The molecule has 1 aliphatic rings. The molecule has 1 amide bonds. The highest BCUT2D eigenvalue weighted by Gasteiger charge is 2.29. The van der Waals surface area contributed by atoms with Gasteiger partial charge in [-0.2, -0.15) is 0 Å². The van der Waals surface area contributed by atoms with Gasteiger partial charge in [-0.1, -0.05) is 0 Å². The first kappa shape index (κ1) is 18.3. The van der Waals surface area contributed by atoms with Gasteiger partial charge in [0.15, 0.2) is 0 Å². The molecule has 0 aromatic carbocycles. The van der Waals surface area contributed by atoms with Crippen LogP contribution in [0.4, 0.5) is 4.79 Å². The van der Waals surface area contributed by atoms with E-state index in [-0.39, 0.29) is 6.09 Å². The summed E-state index contributed by atoms with van der Waals surface area (Å²) in [6.45, 7) is 8.85. The molecule has 5 heteroatoms. The van der Waals surface area contributed by atoms with Crippen LogP contribution in [-0.2, 0) is 11.3 Å². The highest BCUT2D eigenvalue weighted by atomic mass is 32.1. The molecule has 130 valence electrons. The van der Waals surface area contributed by atoms with E-state index in [9.17, 15) is 4.79 Å². The molecule has 1 heterocycles. The van der Waals surface area contributed by atoms with Crippen molar-refractivity contribution < 1.29 is 9.53 Å². The summed E-state index contributed by atoms with van der Waals surface area (Å²) in [6, 6.07) is 3.03. The van der Waals surface area contributed by atoms with Crippen molar-refractivity contribution in [3.05, 3.63) is 21.9 Å². The number of rotatable bonds is 4. The second-order valence-corrected chi connectivity index (χ2v) is 8.51. The van der Waals surface area contributed by atoms with E-state index in [4.69, 9.17) is 4.74 Å². The van der Waals surface area contributed by atoms with Gasteiger partial charge in [0.2, 0.25) is 0 Å². The maximum Gasteiger partial charge on any atom is 0.410 e. The summed E-state index contributed by atoms with van der Waals surface area (Å²) in [6.07, 6.45) is 4.10. The molecule has 1 fully saturated rings. The van der Waals surface area contributed by atoms with Crippen LogP contribution < -0.4 is 5.32 Å². The second-order valence-electron chi connectivity index (χ2n) is 7.50. The number of carbonyl (C=O) groups excluding carboxylic acids is 1. The summed E-state index contributed by atoms with van der Waals surface area (Å²) in [7, 11) is 1.86. The normalized spacial score (nSPS) is 22.0. The first-order valence-corrected chi connectivity index (χ1v) is 9.36. The number of hydrogen-bond donors (Lipinski definition) is 1.